The van der Waals surface area contributed by atoms with Crippen molar-refractivity contribution in [3.63, 3.8) is 0 Å². The summed E-state index contributed by atoms with van der Waals surface area (Å²) in [6.07, 6.45) is 7.19. The summed E-state index contributed by atoms with van der Waals surface area (Å²) >= 11 is 0. The van der Waals surface area contributed by atoms with Crippen molar-refractivity contribution in [3.05, 3.63) is 24.5 Å². The molecule has 0 unspecified atom stereocenters. The monoisotopic (exact) mass is 219 g/mol. The lowest BCUT2D eigenvalue weighted by atomic mass is 9.66. The van der Waals surface area contributed by atoms with Crippen molar-refractivity contribution in [2.24, 2.45) is 11.1 Å². The first-order chi connectivity index (χ1) is 7.74. The average Bonchev–Trinajstić information content (AvgIpc) is 2.25. The summed E-state index contributed by atoms with van der Waals surface area (Å²) in [4.78, 5) is 15.7. The van der Waals surface area contributed by atoms with E-state index in [9.17, 15) is 4.79 Å². The normalized spacial score (nSPS) is 17.6. The summed E-state index contributed by atoms with van der Waals surface area (Å²) in [6.45, 7) is 0.605. The summed E-state index contributed by atoms with van der Waals surface area (Å²) in [5, 5.41) is 2.84. The molecule has 0 radical (unpaired) electrons. The maximum absolute atomic E-state index is 11.8. The van der Waals surface area contributed by atoms with Gasteiger partial charge in [0.15, 0.2) is 0 Å². The molecule has 1 heterocycles. The van der Waals surface area contributed by atoms with Gasteiger partial charge in [-0.1, -0.05) is 6.42 Å². The predicted molar refractivity (Wildman–Crippen MR) is 62.8 cm³/mol. The lowest BCUT2D eigenvalue weighted by Gasteiger charge is -2.40. The lowest BCUT2D eigenvalue weighted by Crippen LogP contribution is -2.40. The number of carbonyl (C=O) groups excluding carboxylic acids is 1. The van der Waals surface area contributed by atoms with Gasteiger partial charge in [-0.3, -0.25) is 9.78 Å². The zero-order chi connectivity index (χ0) is 11.4. The summed E-state index contributed by atoms with van der Waals surface area (Å²) in [7, 11) is 0. The van der Waals surface area contributed by atoms with E-state index in [0.29, 0.717) is 13.0 Å². The number of nitrogens with zero attached hydrogens (tertiary/aromatic N) is 1. The van der Waals surface area contributed by atoms with Crippen LogP contribution in [0.25, 0.3) is 0 Å². The molecule has 2 rings (SSSR count). The molecule has 16 heavy (non-hydrogen) atoms. The van der Waals surface area contributed by atoms with Crippen molar-refractivity contribution in [1.29, 1.82) is 0 Å². The third-order valence-electron chi connectivity index (χ3n) is 3.33. The molecule has 1 aromatic heterocycles. The number of amides is 1. The molecule has 1 amide bonds. The van der Waals surface area contributed by atoms with Crippen LogP contribution < -0.4 is 11.1 Å². The van der Waals surface area contributed by atoms with E-state index in [1.165, 1.54) is 6.42 Å². The number of aromatic nitrogens is 1. The van der Waals surface area contributed by atoms with E-state index in [-0.39, 0.29) is 11.3 Å². The fourth-order valence-corrected chi connectivity index (χ4v) is 2.11. The first-order valence-corrected chi connectivity index (χ1v) is 5.64. The van der Waals surface area contributed by atoms with Crippen LogP contribution in [0.1, 0.15) is 25.7 Å². The van der Waals surface area contributed by atoms with E-state index >= 15 is 0 Å². The fraction of sp³-hybridized carbons (Fsp3) is 0.500. The van der Waals surface area contributed by atoms with Crippen molar-refractivity contribution in [1.82, 2.24) is 4.98 Å². The molecule has 86 valence electrons. The number of hydrogen-bond donors (Lipinski definition) is 2. The van der Waals surface area contributed by atoms with Crippen LogP contribution in [-0.2, 0) is 4.79 Å². The number of pyridine rings is 1. The molecule has 0 aromatic carbocycles. The molecule has 0 atom stereocenters. The summed E-state index contributed by atoms with van der Waals surface area (Å²) in [5.41, 5.74) is 6.53. The number of nitrogens with one attached hydrogen (secondary N) is 1. The van der Waals surface area contributed by atoms with E-state index in [1.807, 2.05) is 6.07 Å². The first-order valence-electron chi connectivity index (χ1n) is 5.64. The Kier molecular flexibility index (Phi) is 3.19. The minimum atomic E-state index is 0.0400. The molecule has 3 N–H and O–H groups in total. The quantitative estimate of drug-likeness (QED) is 0.807. The second-order valence-electron chi connectivity index (χ2n) is 4.52. The van der Waals surface area contributed by atoms with Crippen molar-refractivity contribution in [3.8, 4) is 0 Å². The van der Waals surface area contributed by atoms with Gasteiger partial charge in [0.1, 0.15) is 0 Å². The van der Waals surface area contributed by atoms with Gasteiger partial charge in [0.05, 0.1) is 11.9 Å². The second kappa shape index (κ2) is 4.61. The number of rotatable bonds is 4. The zero-order valence-corrected chi connectivity index (χ0v) is 9.28. The average molecular weight is 219 g/mol. The predicted octanol–water partition coefficient (Wildman–Crippen LogP) is 1.54. The molecule has 1 saturated carbocycles. The second-order valence-corrected chi connectivity index (χ2v) is 4.52. The number of carbonyl (C=O) groups is 1. The largest absolute Gasteiger partial charge is 0.330 e. The van der Waals surface area contributed by atoms with Crippen molar-refractivity contribution in [2.45, 2.75) is 25.7 Å². The van der Waals surface area contributed by atoms with Gasteiger partial charge < -0.3 is 11.1 Å². The first kappa shape index (κ1) is 11.1. The molecule has 1 fully saturated rings. The van der Waals surface area contributed by atoms with E-state index in [1.54, 1.807) is 18.5 Å². The van der Waals surface area contributed by atoms with Gasteiger partial charge in [0.2, 0.25) is 5.91 Å². The standard InChI is InChI=1S/C12H17N3O/c13-9-12(4-2-5-12)7-11(16)15-10-3-1-6-14-8-10/h1,3,6,8H,2,4-5,7,9,13H2,(H,15,16). The molecular formula is C12H17N3O. The van der Waals surface area contributed by atoms with Crippen LogP contribution in [0.3, 0.4) is 0 Å². The Morgan fingerprint density at radius 1 is 1.56 bits per heavy atom. The van der Waals surface area contributed by atoms with E-state index < -0.39 is 0 Å². The molecule has 0 aliphatic heterocycles. The van der Waals surface area contributed by atoms with Gasteiger partial charge in [-0.05, 0) is 36.9 Å². The Bertz CT molecular complexity index is 354. The topological polar surface area (TPSA) is 68.0 Å². The van der Waals surface area contributed by atoms with Gasteiger partial charge in [-0.15, -0.1) is 0 Å². The highest BCUT2D eigenvalue weighted by Crippen LogP contribution is 2.42. The summed E-state index contributed by atoms with van der Waals surface area (Å²) in [6, 6.07) is 3.64. The maximum atomic E-state index is 11.8. The van der Waals surface area contributed by atoms with Crippen LogP contribution in [0, 0.1) is 5.41 Å². The van der Waals surface area contributed by atoms with Crippen molar-refractivity contribution in [2.75, 3.05) is 11.9 Å². The van der Waals surface area contributed by atoms with E-state index in [2.05, 4.69) is 10.3 Å². The third kappa shape index (κ3) is 2.39. The van der Waals surface area contributed by atoms with Crippen LogP contribution >= 0.6 is 0 Å². The van der Waals surface area contributed by atoms with Gasteiger partial charge >= 0.3 is 0 Å². The smallest absolute Gasteiger partial charge is 0.225 e. The van der Waals surface area contributed by atoms with Crippen LogP contribution in [0.15, 0.2) is 24.5 Å². The highest BCUT2D eigenvalue weighted by atomic mass is 16.1. The molecule has 1 aliphatic rings. The van der Waals surface area contributed by atoms with Gasteiger partial charge in [-0.2, -0.15) is 0 Å². The molecule has 4 nitrogen and oxygen atoms in total. The molecule has 0 saturated heterocycles. The molecular weight excluding hydrogens is 202 g/mol. The number of nitrogens with two attached hydrogens (primary N) is 1. The highest BCUT2D eigenvalue weighted by Gasteiger charge is 2.37. The Balaban J connectivity index is 1.89. The molecule has 0 spiro atoms. The highest BCUT2D eigenvalue weighted by molar-refractivity contribution is 5.91. The fourth-order valence-electron chi connectivity index (χ4n) is 2.11. The Morgan fingerprint density at radius 3 is 2.88 bits per heavy atom. The van der Waals surface area contributed by atoms with E-state index in [4.69, 9.17) is 5.73 Å². The molecule has 1 aromatic rings. The van der Waals surface area contributed by atoms with Gasteiger partial charge in [-0.25, -0.2) is 0 Å². The van der Waals surface area contributed by atoms with Crippen molar-refractivity contribution >= 4 is 11.6 Å². The van der Waals surface area contributed by atoms with Gasteiger partial charge in [0.25, 0.3) is 0 Å². The Labute approximate surface area is 95.3 Å². The van der Waals surface area contributed by atoms with Crippen LogP contribution in [0.5, 0.6) is 0 Å². The minimum Gasteiger partial charge on any atom is -0.330 e. The van der Waals surface area contributed by atoms with Crippen LogP contribution in [0.4, 0.5) is 5.69 Å². The Morgan fingerprint density at radius 2 is 2.38 bits per heavy atom. The van der Waals surface area contributed by atoms with E-state index in [0.717, 1.165) is 18.5 Å². The third-order valence-corrected chi connectivity index (χ3v) is 3.33. The van der Waals surface area contributed by atoms with Gasteiger partial charge in [0, 0.05) is 12.6 Å². The minimum absolute atomic E-state index is 0.0400. The lowest BCUT2D eigenvalue weighted by molar-refractivity contribution is -0.119. The van der Waals surface area contributed by atoms with Crippen molar-refractivity contribution < 1.29 is 4.79 Å². The van der Waals surface area contributed by atoms with Crippen LogP contribution in [-0.4, -0.2) is 17.4 Å². The summed E-state index contributed by atoms with van der Waals surface area (Å²) < 4.78 is 0. The molecule has 0 bridgehead atoms. The van der Waals surface area contributed by atoms with Crippen LogP contribution in [0.2, 0.25) is 0 Å². The molecule has 1 aliphatic carbocycles. The SMILES string of the molecule is NCC1(CC(=O)Nc2cccnc2)CCC1. The number of hydrogen-bond acceptors (Lipinski definition) is 3. The number of anilines is 1. The maximum Gasteiger partial charge on any atom is 0.225 e. The summed E-state index contributed by atoms with van der Waals surface area (Å²) in [5.74, 6) is 0.0400. The molecule has 4 heteroatoms. The Hall–Kier alpha value is -1.42. The zero-order valence-electron chi connectivity index (χ0n) is 9.28.